The zero-order valence-electron chi connectivity index (χ0n) is 18.0. The molecule has 3 heterocycles. The highest BCUT2D eigenvalue weighted by atomic mass is 16.5. The predicted molar refractivity (Wildman–Crippen MR) is 114 cm³/mol. The van der Waals surface area contributed by atoms with Crippen molar-refractivity contribution in [3.8, 4) is 0 Å². The Morgan fingerprint density at radius 1 is 1.17 bits per heavy atom. The third-order valence-electron chi connectivity index (χ3n) is 6.49. The molecule has 1 aromatic carbocycles. The van der Waals surface area contributed by atoms with Crippen LogP contribution in [0.1, 0.15) is 55.6 Å². The van der Waals surface area contributed by atoms with Crippen molar-refractivity contribution in [2.24, 2.45) is 0 Å². The molecular weight excluding hydrogens is 364 g/mol. The Morgan fingerprint density at radius 2 is 2.00 bits per heavy atom. The molecule has 2 fully saturated rings. The Labute approximate surface area is 174 Å². The molecule has 0 spiro atoms. The van der Waals surface area contributed by atoms with Crippen molar-refractivity contribution in [3.05, 3.63) is 35.2 Å². The van der Waals surface area contributed by atoms with Gasteiger partial charge in [-0.15, -0.1) is 5.10 Å². The van der Waals surface area contributed by atoms with Crippen molar-refractivity contribution < 1.29 is 4.74 Å². The largest absolute Gasteiger partial charge is 0.376 e. The molecule has 7 nitrogen and oxygen atoms in total. The van der Waals surface area contributed by atoms with Gasteiger partial charge in [0.15, 0.2) is 5.82 Å². The van der Waals surface area contributed by atoms with Gasteiger partial charge in [0.1, 0.15) is 0 Å². The van der Waals surface area contributed by atoms with Crippen LogP contribution in [0.4, 0.5) is 5.69 Å². The molecule has 4 rings (SSSR count). The number of rotatable bonds is 7. The molecule has 7 heteroatoms. The Bertz CT molecular complexity index is 792. The van der Waals surface area contributed by atoms with Crippen LogP contribution in [0.3, 0.4) is 0 Å². The lowest BCUT2D eigenvalue weighted by atomic mass is 10.1. The minimum Gasteiger partial charge on any atom is -0.376 e. The molecule has 2 atom stereocenters. The minimum atomic E-state index is 0.251. The average Bonchev–Trinajstić information content (AvgIpc) is 3.41. The maximum Gasteiger partial charge on any atom is 0.168 e. The molecule has 0 bridgehead atoms. The van der Waals surface area contributed by atoms with E-state index in [1.807, 2.05) is 4.68 Å². The van der Waals surface area contributed by atoms with Crippen LogP contribution in [0.2, 0.25) is 0 Å². The van der Waals surface area contributed by atoms with Crippen LogP contribution < -0.4 is 4.90 Å². The SMILES string of the molecule is CCCC(c1nnnn1CC1CCCO1)N1CCN(c2cccc(C)c2C)CC1. The van der Waals surface area contributed by atoms with E-state index < -0.39 is 0 Å². The summed E-state index contributed by atoms with van der Waals surface area (Å²) in [5.74, 6) is 1.00. The van der Waals surface area contributed by atoms with Gasteiger partial charge in [-0.2, -0.15) is 0 Å². The van der Waals surface area contributed by atoms with E-state index in [1.165, 1.54) is 16.8 Å². The summed E-state index contributed by atoms with van der Waals surface area (Å²) in [7, 11) is 0. The van der Waals surface area contributed by atoms with Gasteiger partial charge in [0.2, 0.25) is 0 Å². The van der Waals surface area contributed by atoms with Crippen molar-refractivity contribution in [1.82, 2.24) is 25.1 Å². The smallest absolute Gasteiger partial charge is 0.168 e. The lowest BCUT2D eigenvalue weighted by Gasteiger charge is -2.40. The lowest BCUT2D eigenvalue weighted by molar-refractivity contribution is 0.0891. The van der Waals surface area contributed by atoms with E-state index in [4.69, 9.17) is 4.74 Å². The Balaban J connectivity index is 1.45. The van der Waals surface area contributed by atoms with Gasteiger partial charge in [0.05, 0.1) is 18.7 Å². The molecule has 0 aliphatic carbocycles. The summed E-state index contributed by atoms with van der Waals surface area (Å²) in [6.45, 7) is 12.4. The second-order valence-corrected chi connectivity index (χ2v) is 8.40. The first-order chi connectivity index (χ1) is 14.2. The molecule has 2 saturated heterocycles. The van der Waals surface area contributed by atoms with Crippen molar-refractivity contribution >= 4 is 5.69 Å². The van der Waals surface area contributed by atoms with E-state index >= 15 is 0 Å². The van der Waals surface area contributed by atoms with Crippen LogP contribution in [0.15, 0.2) is 18.2 Å². The number of hydrogen-bond acceptors (Lipinski definition) is 6. The van der Waals surface area contributed by atoms with Crippen LogP contribution in [-0.2, 0) is 11.3 Å². The molecule has 0 radical (unpaired) electrons. The molecule has 2 aliphatic heterocycles. The van der Waals surface area contributed by atoms with E-state index in [9.17, 15) is 0 Å². The number of hydrogen-bond donors (Lipinski definition) is 0. The van der Waals surface area contributed by atoms with Crippen LogP contribution in [-0.4, -0.2) is 64.0 Å². The number of benzene rings is 1. The minimum absolute atomic E-state index is 0.251. The van der Waals surface area contributed by atoms with E-state index in [-0.39, 0.29) is 12.1 Å². The summed E-state index contributed by atoms with van der Waals surface area (Å²) in [4.78, 5) is 5.10. The molecule has 1 aromatic heterocycles. The summed E-state index contributed by atoms with van der Waals surface area (Å²) >= 11 is 0. The van der Waals surface area contributed by atoms with Crippen molar-refractivity contribution in [2.75, 3.05) is 37.7 Å². The zero-order valence-corrected chi connectivity index (χ0v) is 18.0. The molecule has 29 heavy (non-hydrogen) atoms. The van der Waals surface area contributed by atoms with Gasteiger partial charge in [-0.1, -0.05) is 25.5 Å². The third kappa shape index (κ3) is 4.46. The second kappa shape index (κ2) is 9.22. The topological polar surface area (TPSA) is 59.3 Å². The molecular formula is C22H34N6O. The number of piperazine rings is 1. The standard InChI is InChI=1S/C22H34N6O/c1-4-7-21(22-23-24-25-28(22)16-19-9-6-15-29-19)27-13-11-26(12-14-27)20-10-5-8-17(2)18(20)3/h5,8,10,19,21H,4,6-7,9,11-16H2,1-3H3. The highest BCUT2D eigenvalue weighted by Crippen LogP contribution is 2.29. The number of anilines is 1. The van der Waals surface area contributed by atoms with Gasteiger partial charge in [-0.25, -0.2) is 4.68 Å². The first-order valence-corrected chi connectivity index (χ1v) is 11.1. The summed E-state index contributed by atoms with van der Waals surface area (Å²) in [6, 6.07) is 6.89. The normalized spacial score (nSPS) is 21.6. The number of aryl methyl sites for hydroxylation is 1. The molecule has 2 aromatic rings. The first kappa shape index (κ1) is 20.3. The molecule has 0 saturated carbocycles. The van der Waals surface area contributed by atoms with Crippen LogP contribution in [0, 0.1) is 13.8 Å². The van der Waals surface area contributed by atoms with E-state index in [0.717, 1.165) is 70.8 Å². The number of ether oxygens (including phenoxy) is 1. The van der Waals surface area contributed by atoms with Gasteiger partial charge in [-0.05, 0) is 60.7 Å². The van der Waals surface area contributed by atoms with Gasteiger partial charge in [0.25, 0.3) is 0 Å². The third-order valence-corrected chi connectivity index (χ3v) is 6.49. The summed E-state index contributed by atoms with van der Waals surface area (Å²) < 4.78 is 7.81. The fraction of sp³-hybridized carbons (Fsp3) is 0.682. The second-order valence-electron chi connectivity index (χ2n) is 8.40. The van der Waals surface area contributed by atoms with Crippen LogP contribution in [0.25, 0.3) is 0 Å². The van der Waals surface area contributed by atoms with Crippen molar-refractivity contribution in [3.63, 3.8) is 0 Å². The maximum atomic E-state index is 5.81. The molecule has 0 N–H and O–H groups in total. The number of tetrazole rings is 1. The van der Waals surface area contributed by atoms with E-state index in [1.54, 1.807) is 0 Å². The average molecular weight is 399 g/mol. The Kier molecular flexibility index (Phi) is 6.45. The van der Waals surface area contributed by atoms with Gasteiger partial charge >= 0.3 is 0 Å². The first-order valence-electron chi connectivity index (χ1n) is 11.1. The lowest BCUT2D eigenvalue weighted by Crippen LogP contribution is -2.48. The van der Waals surface area contributed by atoms with Crippen LogP contribution in [0.5, 0.6) is 0 Å². The van der Waals surface area contributed by atoms with Gasteiger partial charge in [-0.3, -0.25) is 4.90 Å². The monoisotopic (exact) mass is 398 g/mol. The summed E-state index contributed by atoms with van der Waals surface area (Å²) in [5, 5.41) is 12.8. The van der Waals surface area contributed by atoms with Crippen LogP contribution >= 0.6 is 0 Å². The predicted octanol–water partition coefficient (Wildman–Crippen LogP) is 3.13. The summed E-state index contributed by atoms with van der Waals surface area (Å²) in [6.07, 6.45) is 4.69. The van der Waals surface area contributed by atoms with Gasteiger partial charge < -0.3 is 9.64 Å². The Hall–Kier alpha value is -1.99. The molecule has 158 valence electrons. The fourth-order valence-electron chi connectivity index (χ4n) is 4.66. The van der Waals surface area contributed by atoms with Crippen molar-refractivity contribution in [2.45, 2.75) is 65.1 Å². The molecule has 2 aliphatic rings. The number of nitrogens with zero attached hydrogens (tertiary/aromatic N) is 6. The molecule has 0 amide bonds. The highest BCUT2D eigenvalue weighted by molar-refractivity contribution is 5.56. The zero-order chi connectivity index (χ0) is 20.2. The number of aromatic nitrogens is 4. The van der Waals surface area contributed by atoms with E-state index in [2.05, 4.69) is 64.3 Å². The summed E-state index contributed by atoms with van der Waals surface area (Å²) in [5.41, 5.74) is 4.13. The quantitative estimate of drug-likeness (QED) is 0.714. The highest BCUT2D eigenvalue weighted by Gasteiger charge is 2.30. The van der Waals surface area contributed by atoms with Crippen molar-refractivity contribution in [1.29, 1.82) is 0 Å². The molecule has 2 unspecified atom stereocenters. The Morgan fingerprint density at radius 3 is 2.72 bits per heavy atom. The maximum absolute atomic E-state index is 5.81. The van der Waals surface area contributed by atoms with Gasteiger partial charge in [0, 0.05) is 38.5 Å². The fourth-order valence-corrected chi connectivity index (χ4v) is 4.66. The van der Waals surface area contributed by atoms with E-state index in [0.29, 0.717) is 0 Å².